The average molecular weight is 548 g/mol. The van der Waals surface area contributed by atoms with Crippen LogP contribution < -0.4 is 15.0 Å². The van der Waals surface area contributed by atoms with E-state index in [-0.39, 0.29) is 36.2 Å². The van der Waals surface area contributed by atoms with Crippen LogP contribution in [0, 0.1) is 0 Å². The maximum absolute atomic E-state index is 13.9. The molecule has 0 amide bonds. The van der Waals surface area contributed by atoms with Crippen LogP contribution in [0.4, 0.5) is 0 Å². The van der Waals surface area contributed by atoms with Crippen LogP contribution in [0.15, 0.2) is 63.1 Å². The second-order valence-electron chi connectivity index (χ2n) is 8.20. The van der Waals surface area contributed by atoms with E-state index in [1.54, 1.807) is 18.2 Å². The molecule has 0 saturated carbocycles. The summed E-state index contributed by atoms with van der Waals surface area (Å²) in [5.41, 5.74) is 1.13. The van der Waals surface area contributed by atoms with Gasteiger partial charge in [-0.3, -0.25) is 9.36 Å². The Kier molecular flexibility index (Phi) is 7.66. The third-order valence-electron chi connectivity index (χ3n) is 5.78. The van der Waals surface area contributed by atoms with E-state index < -0.39 is 11.4 Å². The number of benzene rings is 2. The predicted octanol–water partition coefficient (Wildman–Crippen LogP) is 4.26. The Morgan fingerprint density at radius 1 is 1.00 bits per heavy atom. The molecule has 0 atom stereocenters. The molecule has 0 spiro atoms. The van der Waals surface area contributed by atoms with Gasteiger partial charge in [-0.15, -0.1) is 21.5 Å². The molecule has 12 heteroatoms. The van der Waals surface area contributed by atoms with Crippen molar-refractivity contribution in [2.24, 2.45) is 0 Å². The highest BCUT2D eigenvalue weighted by molar-refractivity contribution is 7.13. The van der Waals surface area contributed by atoms with E-state index in [1.807, 2.05) is 42.6 Å². The van der Waals surface area contributed by atoms with Crippen LogP contribution in [0.1, 0.15) is 24.3 Å². The van der Waals surface area contributed by atoms with Crippen molar-refractivity contribution in [3.63, 3.8) is 0 Å². The Morgan fingerprint density at radius 3 is 2.44 bits per heavy atom. The molecule has 0 bridgehead atoms. The summed E-state index contributed by atoms with van der Waals surface area (Å²) < 4.78 is 23.6. The zero-order valence-corrected chi connectivity index (χ0v) is 22.3. The maximum atomic E-state index is 13.9. The quantitative estimate of drug-likeness (QED) is 0.270. The molecule has 1 N–H and O–H groups in total. The molecule has 11 nitrogen and oxygen atoms in total. The van der Waals surface area contributed by atoms with E-state index in [4.69, 9.17) is 18.6 Å². The predicted molar refractivity (Wildman–Crippen MR) is 144 cm³/mol. The molecule has 0 unspecified atom stereocenters. The van der Waals surface area contributed by atoms with Crippen LogP contribution in [0.25, 0.3) is 27.7 Å². The lowest BCUT2D eigenvalue weighted by atomic mass is 10.2. The molecule has 2 aromatic carbocycles. The molecule has 200 valence electrons. The number of nitrogens with zero attached hydrogens (tertiary/aromatic N) is 5. The van der Waals surface area contributed by atoms with Crippen molar-refractivity contribution in [2.45, 2.75) is 20.0 Å². The summed E-state index contributed by atoms with van der Waals surface area (Å²) in [5, 5.41) is 21.7. The minimum absolute atomic E-state index is 0.0521. The molecule has 3 aromatic heterocycles. The summed E-state index contributed by atoms with van der Waals surface area (Å²) in [6.07, 6.45) is 0.251. The highest BCUT2D eigenvalue weighted by atomic mass is 32.1. The summed E-state index contributed by atoms with van der Waals surface area (Å²) in [4.78, 5) is 22.8. The van der Waals surface area contributed by atoms with Crippen LogP contribution >= 0.6 is 11.3 Å². The smallest absolute Gasteiger partial charge is 0.275 e. The van der Waals surface area contributed by atoms with Crippen molar-refractivity contribution in [3.05, 3.63) is 81.7 Å². The molecule has 5 rings (SSSR count). The number of para-hydroxylation sites is 1. The number of methoxy groups -OCH3 is 2. The normalized spacial score (nSPS) is 11.1. The summed E-state index contributed by atoms with van der Waals surface area (Å²) in [7, 11) is 2.96. The number of ether oxygens (including phenoxy) is 3. The highest BCUT2D eigenvalue weighted by Crippen LogP contribution is 2.34. The minimum atomic E-state index is -0.657. The third kappa shape index (κ3) is 5.24. The summed E-state index contributed by atoms with van der Waals surface area (Å²) in [5.74, 6) is 0.349. The zero-order valence-electron chi connectivity index (χ0n) is 21.5. The van der Waals surface area contributed by atoms with Gasteiger partial charge in [-0.2, -0.15) is 4.98 Å². The number of aromatic nitrogens is 5. The largest absolute Gasteiger partial charge is 0.494 e. The van der Waals surface area contributed by atoms with E-state index >= 15 is 0 Å². The van der Waals surface area contributed by atoms with Gasteiger partial charge < -0.3 is 23.7 Å². The van der Waals surface area contributed by atoms with E-state index in [0.29, 0.717) is 23.8 Å². The molecule has 0 aliphatic heterocycles. The fraction of sp³-hybridized carbons (Fsp3) is 0.222. The van der Waals surface area contributed by atoms with Gasteiger partial charge in [-0.25, -0.2) is 4.98 Å². The number of hydrogen-bond acceptors (Lipinski definition) is 11. The molecule has 0 fully saturated rings. The standard InChI is InChI=1S/C27H25N5O6S/c1-4-37-14-20-29-24(33)22(27(34)32(20)23-18(35-2)11-8-12-19(23)36-3)25-31-30-21(38-25)13-17-15-39-26(28-17)16-9-6-5-7-10-16/h5-12,15,33H,4,13-14H2,1-3H3. The molecule has 0 radical (unpaired) electrons. The molecular weight excluding hydrogens is 522 g/mol. The van der Waals surface area contributed by atoms with Crippen LogP contribution in [0.2, 0.25) is 0 Å². The molecule has 0 saturated heterocycles. The fourth-order valence-electron chi connectivity index (χ4n) is 4.00. The average Bonchev–Trinajstić information content (AvgIpc) is 3.62. The molecule has 0 aliphatic rings. The van der Waals surface area contributed by atoms with Crippen molar-refractivity contribution in [2.75, 3.05) is 20.8 Å². The SMILES string of the molecule is CCOCc1nc(O)c(-c2nnc(Cc3csc(-c4ccccc4)n3)o2)c(=O)n1-c1c(OC)cccc1OC. The van der Waals surface area contributed by atoms with Gasteiger partial charge in [0.1, 0.15) is 34.6 Å². The molecule has 39 heavy (non-hydrogen) atoms. The zero-order chi connectivity index (χ0) is 27.4. The second-order valence-corrected chi connectivity index (χ2v) is 9.06. The van der Waals surface area contributed by atoms with E-state index in [9.17, 15) is 9.90 Å². The lowest BCUT2D eigenvalue weighted by molar-refractivity contribution is 0.125. The minimum Gasteiger partial charge on any atom is -0.494 e. The first kappa shape index (κ1) is 26.1. The van der Waals surface area contributed by atoms with Crippen LogP contribution in [0.3, 0.4) is 0 Å². The molecule has 0 aliphatic carbocycles. The fourth-order valence-corrected chi connectivity index (χ4v) is 4.82. The summed E-state index contributed by atoms with van der Waals surface area (Å²) in [6, 6.07) is 14.9. The molecule has 5 aromatic rings. The topological polar surface area (TPSA) is 135 Å². The number of rotatable bonds is 10. The second kappa shape index (κ2) is 11.5. The van der Waals surface area contributed by atoms with Crippen LogP contribution in [0.5, 0.6) is 17.4 Å². The molecule has 3 heterocycles. The first-order valence-corrected chi connectivity index (χ1v) is 12.9. The van der Waals surface area contributed by atoms with Crippen LogP contribution in [-0.2, 0) is 17.8 Å². The van der Waals surface area contributed by atoms with Crippen molar-refractivity contribution < 1.29 is 23.7 Å². The highest BCUT2D eigenvalue weighted by Gasteiger charge is 2.27. The van der Waals surface area contributed by atoms with Gasteiger partial charge in [0.05, 0.1) is 26.3 Å². The van der Waals surface area contributed by atoms with E-state index in [1.165, 1.54) is 30.1 Å². The van der Waals surface area contributed by atoms with Gasteiger partial charge in [0.15, 0.2) is 5.56 Å². The number of hydrogen-bond donors (Lipinski definition) is 1. The van der Waals surface area contributed by atoms with E-state index in [0.717, 1.165) is 16.3 Å². The molecular formula is C27H25N5O6S. The van der Waals surface area contributed by atoms with Crippen molar-refractivity contribution in [1.29, 1.82) is 0 Å². The monoisotopic (exact) mass is 547 g/mol. The Hall–Kier alpha value is -4.55. The third-order valence-corrected chi connectivity index (χ3v) is 6.72. The van der Waals surface area contributed by atoms with Gasteiger partial charge in [-0.05, 0) is 19.1 Å². The van der Waals surface area contributed by atoms with Crippen LogP contribution in [-0.4, -0.2) is 50.7 Å². The van der Waals surface area contributed by atoms with Crippen molar-refractivity contribution in [1.82, 2.24) is 24.7 Å². The number of aromatic hydroxyl groups is 1. The first-order valence-electron chi connectivity index (χ1n) is 12.0. The maximum Gasteiger partial charge on any atom is 0.275 e. The van der Waals surface area contributed by atoms with Gasteiger partial charge in [-0.1, -0.05) is 36.4 Å². The Labute approximate surface area is 227 Å². The lowest BCUT2D eigenvalue weighted by Gasteiger charge is -2.18. The summed E-state index contributed by atoms with van der Waals surface area (Å²) in [6.45, 7) is 2.13. The van der Waals surface area contributed by atoms with Gasteiger partial charge in [0.2, 0.25) is 11.8 Å². The van der Waals surface area contributed by atoms with Crippen molar-refractivity contribution in [3.8, 4) is 45.1 Å². The lowest BCUT2D eigenvalue weighted by Crippen LogP contribution is -2.26. The number of thiazole rings is 1. The summed E-state index contributed by atoms with van der Waals surface area (Å²) >= 11 is 1.50. The van der Waals surface area contributed by atoms with Gasteiger partial charge in [0, 0.05) is 17.6 Å². The van der Waals surface area contributed by atoms with Gasteiger partial charge in [0.25, 0.3) is 11.4 Å². The Balaban J connectivity index is 1.55. The van der Waals surface area contributed by atoms with Crippen molar-refractivity contribution >= 4 is 11.3 Å². The first-order chi connectivity index (χ1) is 19.0. The van der Waals surface area contributed by atoms with E-state index in [2.05, 4.69) is 20.2 Å². The van der Waals surface area contributed by atoms with Gasteiger partial charge >= 0.3 is 0 Å². The Bertz CT molecular complexity index is 1620. The Morgan fingerprint density at radius 2 is 1.74 bits per heavy atom.